The van der Waals surface area contributed by atoms with Gasteiger partial charge in [0.05, 0.1) is 5.69 Å². The lowest BCUT2D eigenvalue weighted by Gasteiger charge is -2.26. The smallest absolute Gasteiger partial charge is 0.225 e. The molecule has 0 radical (unpaired) electrons. The molecule has 2 aromatic rings. The molecule has 0 amide bonds. The molecule has 4 N–H and O–H groups in total. The van der Waals surface area contributed by atoms with Gasteiger partial charge in [-0.15, -0.1) is 0 Å². The zero-order valence-corrected chi connectivity index (χ0v) is 14.1. The molecule has 11 nitrogen and oxygen atoms in total. The van der Waals surface area contributed by atoms with Crippen molar-refractivity contribution in [2.24, 2.45) is 5.11 Å². The molecule has 0 spiro atoms. The van der Waals surface area contributed by atoms with E-state index in [9.17, 15) is 15.5 Å². The Kier molecular flexibility index (Phi) is 3.98. The Balaban J connectivity index is 2.25. The normalized spacial score (nSPS) is 32.4. The minimum absolute atomic E-state index is 0.0247. The molecule has 3 heterocycles. The third-order valence-corrected chi connectivity index (χ3v) is 5.04. The zero-order chi connectivity index (χ0) is 17.5. The second kappa shape index (κ2) is 5.72. The Morgan fingerprint density at radius 2 is 2.29 bits per heavy atom. The monoisotopic (exact) mass is 442 g/mol. The predicted octanol–water partition coefficient (Wildman–Crippen LogP) is 0.224. The van der Waals surface area contributed by atoms with E-state index >= 15 is 0 Å². The van der Waals surface area contributed by atoms with Gasteiger partial charge in [0.1, 0.15) is 30.1 Å². The molecule has 4 atom stereocenters. The largest absolute Gasteiger partial charge is 0.387 e. The lowest BCUT2D eigenvalue weighted by atomic mass is 9.92. The molecule has 1 fully saturated rings. The maximum Gasteiger partial charge on any atom is 0.225 e. The number of azide groups is 1. The van der Waals surface area contributed by atoms with Crippen LogP contribution in [0.1, 0.15) is 5.69 Å². The van der Waals surface area contributed by atoms with Gasteiger partial charge in [-0.25, -0.2) is 9.50 Å². The molecule has 12 heteroatoms. The summed E-state index contributed by atoms with van der Waals surface area (Å²) in [5, 5.41) is 38.1. The highest BCUT2D eigenvalue weighted by Crippen LogP contribution is 2.46. The minimum Gasteiger partial charge on any atom is -0.387 e. The molecule has 1 aliphatic heterocycles. The maximum atomic E-state index is 10.5. The van der Waals surface area contributed by atoms with E-state index in [0.717, 1.165) is 0 Å². The molecule has 3 rings (SSSR count). The molecule has 2 aromatic heterocycles. The topological polar surface area (TPSA) is 178 Å². The highest BCUT2D eigenvalue weighted by Gasteiger charge is 2.64. The van der Waals surface area contributed by atoms with Crippen molar-refractivity contribution in [2.75, 3.05) is 10.2 Å². The van der Waals surface area contributed by atoms with E-state index in [1.165, 1.54) is 16.9 Å². The summed E-state index contributed by atoms with van der Waals surface area (Å²) in [6, 6.07) is 4.92. The number of fused-ring (bicyclic) bond motifs is 1. The number of nitrogen functional groups attached to an aromatic ring is 1. The van der Waals surface area contributed by atoms with Crippen LogP contribution in [0.25, 0.3) is 16.0 Å². The van der Waals surface area contributed by atoms with Crippen LogP contribution in [0.3, 0.4) is 0 Å². The average molecular weight is 442 g/mol. The number of anilines is 1. The van der Waals surface area contributed by atoms with Crippen LogP contribution < -0.4 is 5.73 Å². The fourth-order valence-electron chi connectivity index (χ4n) is 2.74. The van der Waals surface area contributed by atoms with E-state index in [-0.39, 0.29) is 15.9 Å². The van der Waals surface area contributed by atoms with Crippen LogP contribution in [0.15, 0.2) is 23.6 Å². The SMILES string of the molecule is N#C[C@@]1(c2ccc3c(N)ncnn23)O[C@@](CI)(N=[N+]=[N-])[C@@H](O)[C@H]1O. The van der Waals surface area contributed by atoms with Crippen molar-refractivity contribution >= 4 is 33.9 Å². The Morgan fingerprint density at radius 1 is 1.54 bits per heavy atom. The van der Waals surface area contributed by atoms with Crippen LogP contribution in [-0.2, 0) is 10.3 Å². The van der Waals surface area contributed by atoms with Crippen LogP contribution in [0, 0.1) is 11.3 Å². The molecule has 0 saturated carbocycles. The van der Waals surface area contributed by atoms with Gasteiger partial charge in [-0.2, -0.15) is 10.4 Å². The van der Waals surface area contributed by atoms with Gasteiger partial charge in [0.25, 0.3) is 0 Å². The zero-order valence-electron chi connectivity index (χ0n) is 12.0. The fourth-order valence-corrected chi connectivity index (χ4v) is 3.50. The molecule has 1 aliphatic rings. The van der Waals surface area contributed by atoms with Gasteiger partial charge in [0.2, 0.25) is 5.60 Å². The number of nitrogens with zero attached hydrogens (tertiary/aromatic N) is 7. The third-order valence-electron chi connectivity index (χ3n) is 3.95. The van der Waals surface area contributed by atoms with Crippen molar-refractivity contribution in [3.05, 3.63) is 34.6 Å². The van der Waals surface area contributed by atoms with E-state index in [1.807, 2.05) is 28.7 Å². The van der Waals surface area contributed by atoms with Gasteiger partial charge in [-0.1, -0.05) is 27.7 Å². The van der Waals surface area contributed by atoms with Crippen LogP contribution in [-0.4, -0.2) is 47.2 Å². The lowest BCUT2D eigenvalue weighted by Crippen LogP contribution is -2.43. The lowest BCUT2D eigenvalue weighted by molar-refractivity contribution is -0.0937. The fraction of sp³-hybridized carbons (Fsp3) is 0.417. The van der Waals surface area contributed by atoms with Gasteiger partial charge in [-0.05, 0) is 17.7 Å². The van der Waals surface area contributed by atoms with E-state index in [4.69, 9.17) is 16.0 Å². The number of halogens is 1. The van der Waals surface area contributed by atoms with E-state index in [0.29, 0.717) is 5.52 Å². The molecular formula is C12H11IN8O3. The molecule has 0 bridgehead atoms. The maximum absolute atomic E-state index is 10.5. The number of nitrogens with two attached hydrogens (primary N) is 1. The summed E-state index contributed by atoms with van der Waals surface area (Å²) in [7, 11) is 0. The number of aromatic nitrogens is 3. The summed E-state index contributed by atoms with van der Waals surface area (Å²) in [6.45, 7) is 0. The summed E-state index contributed by atoms with van der Waals surface area (Å²) in [4.78, 5) is 6.51. The van der Waals surface area contributed by atoms with E-state index in [1.54, 1.807) is 6.07 Å². The second-order valence-corrected chi connectivity index (χ2v) is 5.93. The Labute approximate surface area is 148 Å². The van der Waals surface area contributed by atoms with Gasteiger partial charge in [0.15, 0.2) is 11.5 Å². The highest BCUT2D eigenvalue weighted by molar-refractivity contribution is 14.1. The van der Waals surface area contributed by atoms with Gasteiger partial charge >= 0.3 is 0 Å². The van der Waals surface area contributed by atoms with Gasteiger partial charge < -0.3 is 20.7 Å². The van der Waals surface area contributed by atoms with Crippen LogP contribution in [0.4, 0.5) is 5.82 Å². The molecule has 0 aliphatic carbocycles. The van der Waals surface area contributed by atoms with Crippen LogP contribution >= 0.6 is 22.6 Å². The number of hydrogen-bond donors (Lipinski definition) is 3. The number of rotatable bonds is 3. The summed E-state index contributed by atoms with van der Waals surface area (Å²) < 4.78 is 7.00. The first-order chi connectivity index (χ1) is 11.5. The standard InChI is InChI=1S/C12H11IN8O3/c13-3-12(19-20-16)9(23)8(22)11(4-14,24-12)7-2-1-6-10(15)17-5-18-21(6)7/h1-2,5,8-9,22-23H,3H2,(H2,15,17,18)/t8-,9+,11+,12-/m1/s1. The minimum atomic E-state index is -1.99. The summed E-state index contributed by atoms with van der Waals surface area (Å²) in [6.07, 6.45) is -2.08. The second-order valence-electron chi connectivity index (χ2n) is 5.17. The number of aliphatic hydroxyl groups is 2. The number of nitriles is 1. The van der Waals surface area contributed by atoms with Crippen molar-refractivity contribution in [1.29, 1.82) is 5.26 Å². The van der Waals surface area contributed by atoms with Crippen molar-refractivity contribution < 1.29 is 14.9 Å². The summed E-state index contributed by atoms with van der Waals surface area (Å²) >= 11 is 1.84. The van der Waals surface area contributed by atoms with Crippen LogP contribution in [0.5, 0.6) is 0 Å². The summed E-state index contributed by atoms with van der Waals surface area (Å²) in [5.41, 5.74) is 11.3. The number of hydrogen-bond acceptors (Lipinski definition) is 8. The van der Waals surface area contributed by atoms with Gasteiger partial charge in [0, 0.05) is 9.34 Å². The third kappa shape index (κ3) is 2.03. The van der Waals surface area contributed by atoms with Crippen molar-refractivity contribution in [3.63, 3.8) is 0 Å². The molecule has 1 saturated heterocycles. The molecule has 0 unspecified atom stereocenters. The first-order valence-electron chi connectivity index (χ1n) is 6.64. The van der Waals surface area contributed by atoms with E-state index < -0.39 is 23.5 Å². The Morgan fingerprint density at radius 3 is 2.92 bits per heavy atom. The number of aliphatic hydroxyl groups excluding tert-OH is 2. The van der Waals surface area contributed by atoms with E-state index in [2.05, 4.69) is 20.1 Å². The quantitative estimate of drug-likeness (QED) is 0.200. The average Bonchev–Trinajstić information content (AvgIpc) is 3.11. The van der Waals surface area contributed by atoms with Crippen molar-refractivity contribution in [1.82, 2.24) is 14.6 Å². The molecular weight excluding hydrogens is 431 g/mol. The van der Waals surface area contributed by atoms with Crippen LogP contribution in [0.2, 0.25) is 0 Å². The van der Waals surface area contributed by atoms with Crippen molar-refractivity contribution in [2.45, 2.75) is 23.5 Å². The molecule has 0 aromatic carbocycles. The molecule has 124 valence electrons. The Bertz CT molecular complexity index is 890. The number of alkyl halides is 1. The van der Waals surface area contributed by atoms with Crippen molar-refractivity contribution in [3.8, 4) is 6.07 Å². The predicted molar refractivity (Wildman–Crippen MR) is 88.6 cm³/mol. The first-order valence-corrected chi connectivity index (χ1v) is 8.17. The Hall–Kier alpha value is -2.17. The first kappa shape index (κ1) is 16.7. The molecule has 24 heavy (non-hydrogen) atoms. The highest BCUT2D eigenvalue weighted by atomic mass is 127. The summed E-state index contributed by atoms with van der Waals surface area (Å²) in [5.74, 6) is 0.174. The number of ether oxygens (including phenoxy) is 1. The van der Waals surface area contributed by atoms with Gasteiger partial charge in [-0.3, -0.25) is 0 Å².